The average Bonchev–Trinajstić information content (AvgIpc) is 1.76. The number of nitrogens with zero attached hydrogens (tertiary/aromatic N) is 2. The van der Waals surface area contributed by atoms with Crippen LogP contribution in [0, 0.1) is 0 Å². The van der Waals surface area contributed by atoms with E-state index in [9.17, 15) is 0 Å². The molecule has 0 radical (unpaired) electrons. The smallest absolute Gasteiger partial charge is 0.107 e. The van der Waals surface area contributed by atoms with E-state index in [4.69, 9.17) is 0 Å². The molecule has 0 unspecified atom stereocenters. The van der Waals surface area contributed by atoms with Gasteiger partial charge in [-0.2, -0.15) is 10.2 Å². The predicted molar refractivity (Wildman–Crippen MR) is 22.2 cm³/mol. The van der Waals surface area contributed by atoms with E-state index in [1.54, 1.807) is 11.8 Å². The molecule has 0 bridgehead atoms. The standard InChI is InChI=1S/C2H4N2S/c1-3-4-2-5-1/h1-2H2. The third-order valence-electron chi connectivity index (χ3n) is 0.398. The monoisotopic (exact) mass is 88.0 g/mol. The fraction of sp³-hybridized carbons (Fsp3) is 1.00. The van der Waals surface area contributed by atoms with Crippen LogP contribution in [-0.4, -0.2) is 11.8 Å². The molecular formula is C2H4N2S. The summed E-state index contributed by atoms with van der Waals surface area (Å²) in [6, 6.07) is 0. The SMILES string of the molecule is C1N=NCS1. The van der Waals surface area contributed by atoms with Crippen molar-refractivity contribution in [2.75, 3.05) is 11.8 Å². The summed E-state index contributed by atoms with van der Waals surface area (Å²) in [7, 11) is 0. The molecule has 0 aromatic heterocycles. The molecule has 1 aliphatic heterocycles. The topological polar surface area (TPSA) is 24.7 Å². The molecule has 0 atom stereocenters. The Kier molecular flexibility index (Phi) is 0.884. The normalized spacial score (nSPS) is 20.8. The van der Waals surface area contributed by atoms with Gasteiger partial charge in [-0.05, 0) is 0 Å². The van der Waals surface area contributed by atoms with E-state index >= 15 is 0 Å². The fourth-order valence-electron chi connectivity index (χ4n) is 0.204. The summed E-state index contributed by atoms with van der Waals surface area (Å²) in [5, 5.41) is 7.34. The van der Waals surface area contributed by atoms with Gasteiger partial charge in [-0.15, -0.1) is 11.8 Å². The summed E-state index contributed by atoms with van der Waals surface area (Å²) in [5.74, 6) is 1.75. The second-order valence-corrected chi connectivity index (χ2v) is 1.67. The van der Waals surface area contributed by atoms with Crippen LogP contribution in [0.3, 0.4) is 0 Å². The summed E-state index contributed by atoms with van der Waals surface area (Å²) in [4.78, 5) is 0. The first-order chi connectivity index (χ1) is 2.50. The summed E-state index contributed by atoms with van der Waals surface area (Å²) < 4.78 is 0. The lowest BCUT2D eigenvalue weighted by atomic mass is 11.5. The maximum absolute atomic E-state index is 3.67. The Balaban J connectivity index is 2.32. The Morgan fingerprint density at radius 2 is 1.80 bits per heavy atom. The number of thioether (sulfide) groups is 1. The van der Waals surface area contributed by atoms with Crippen molar-refractivity contribution in [1.29, 1.82) is 0 Å². The summed E-state index contributed by atoms with van der Waals surface area (Å²) in [5.41, 5.74) is 0. The Labute approximate surface area is 34.7 Å². The van der Waals surface area contributed by atoms with Gasteiger partial charge in [-0.3, -0.25) is 0 Å². The van der Waals surface area contributed by atoms with E-state index in [2.05, 4.69) is 10.2 Å². The third-order valence-corrected chi connectivity index (χ3v) is 0.994. The van der Waals surface area contributed by atoms with Gasteiger partial charge in [0.2, 0.25) is 0 Å². The van der Waals surface area contributed by atoms with E-state index in [0.29, 0.717) is 0 Å². The van der Waals surface area contributed by atoms with Gasteiger partial charge < -0.3 is 0 Å². The van der Waals surface area contributed by atoms with E-state index in [1.807, 2.05) is 0 Å². The summed E-state index contributed by atoms with van der Waals surface area (Å²) in [6.07, 6.45) is 0. The molecule has 0 N–H and O–H groups in total. The molecule has 0 saturated heterocycles. The first-order valence-corrected chi connectivity index (χ1v) is 2.56. The zero-order valence-corrected chi connectivity index (χ0v) is 3.53. The lowest BCUT2D eigenvalue weighted by molar-refractivity contribution is 1.11. The minimum absolute atomic E-state index is 0.875. The first kappa shape index (κ1) is 3.15. The number of rotatable bonds is 0. The predicted octanol–water partition coefficient (Wildman–Crippen LogP) is 1.10. The average molecular weight is 88.1 g/mol. The summed E-state index contributed by atoms with van der Waals surface area (Å²) >= 11 is 1.74. The van der Waals surface area contributed by atoms with E-state index < -0.39 is 0 Å². The molecule has 0 saturated carbocycles. The lowest BCUT2D eigenvalue weighted by Crippen LogP contribution is -1.53. The Hall–Kier alpha value is -0.0500. The number of hydrogen-bond donors (Lipinski definition) is 0. The highest BCUT2D eigenvalue weighted by Crippen LogP contribution is 2.06. The van der Waals surface area contributed by atoms with Crippen LogP contribution >= 0.6 is 11.8 Å². The van der Waals surface area contributed by atoms with Gasteiger partial charge in [-0.1, -0.05) is 0 Å². The van der Waals surface area contributed by atoms with E-state index in [0.717, 1.165) is 11.8 Å². The van der Waals surface area contributed by atoms with E-state index in [1.165, 1.54) is 0 Å². The molecule has 1 aliphatic rings. The highest BCUT2D eigenvalue weighted by molar-refractivity contribution is 7.99. The van der Waals surface area contributed by atoms with Gasteiger partial charge in [0.15, 0.2) is 0 Å². The molecular weight excluding hydrogens is 84.1 g/mol. The van der Waals surface area contributed by atoms with Crippen molar-refractivity contribution >= 4 is 11.8 Å². The zero-order valence-electron chi connectivity index (χ0n) is 2.72. The highest BCUT2D eigenvalue weighted by atomic mass is 32.2. The molecule has 0 aromatic rings. The zero-order chi connectivity index (χ0) is 3.54. The van der Waals surface area contributed by atoms with Crippen molar-refractivity contribution < 1.29 is 0 Å². The highest BCUT2D eigenvalue weighted by Gasteiger charge is 1.87. The maximum Gasteiger partial charge on any atom is 0.107 e. The van der Waals surface area contributed by atoms with Gasteiger partial charge in [-0.25, -0.2) is 0 Å². The van der Waals surface area contributed by atoms with Crippen LogP contribution in [0.15, 0.2) is 10.2 Å². The molecule has 5 heavy (non-hydrogen) atoms. The Morgan fingerprint density at radius 1 is 1.20 bits per heavy atom. The molecule has 0 aromatic carbocycles. The van der Waals surface area contributed by atoms with Crippen LogP contribution in [0.25, 0.3) is 0 Å². The van der Waals surface area contributed by atoms with Crippen molar-refractivity contribution in [3.63, 3.8) is 0 Å². The number of azo groups is 1. The molecule has 1 heterocycles. The van der Waals surface area contributed by atoms with Crippen LogP contribution in [0.2, 0.25) is 0 Å². The van der Waals surface area contributed by atoms with Gasteiger partial charge in [0.1, 0.15) is 11.8 Å². The van der Waals surface area contributed by atoms with Gasteiger partial charge in [0, 0.05) is 0 Å². The Bertz CT molecular complexity index is 45.6. The molecule has 1 rings (SSSR count). The van der Waals surface area contributed by atoms with Crippen LogP contribution in [0.1, 0.15) is 0 Å². The van der Waals surface area contributed by atoms with Gasteiger partial charge in [0.05, 0.1) is 0 Å². The fourth-order valence-corrected chi connectivity index (χ4v) is 0.612. The van der Waals surface area contributed by atoms with Crippen molar-refractivity contribution in [3.8, 4) is 0 Å². The third kappa shape index (κ3) is 0.613. The second-order valence-electron chi connectivity index (χ2n) is 0.745. The first-order valence-electron chi connectivity index (χ1n) is 1.41. The molecule has 0 spiro atoms. The van der Waals surface area contributed by atoms with Crippen molar-refractivity contribution in [2.45, 2.75) is 0 Å². The molecule has 3 heteroatoms. The second kappa shape index (κ2) is 1.40. The molecule has 0 fully saturated rings. The van der Waals surface area contributed by atoms with Gasteiger partial charge in [0.25, 0.3) is 0 Å². The van der Waals surface area contributed by atoms with Crippen molar-refractivity contribution in [1.82, 2.24) is 0 Å². The molecule has 0 amide bonds. The van der Waals surface area contributed by atoms with Crippen LogP contribution < -0.4 is 0 Å². The van der Waals surface area contributed by atoms with Crippen molar-refractivity contribution in [3.05, 3.63) is 0 Å². The van der Waals surface area contributed by atoms with Gasteiger partial charge >= 0.3 is 0 Å². The van der Waals surface area contributed by atoms with Crippen molar-refractivity contribution in [2.24, 2.45) is 10.2 Å². The molecule has 28 valence electrons. The largest absolute Gasteiger partial charge is 0.182 e. The molecule has 2 nitrogen and oxygen atoms in total. The summed E-state index contributed by atoms with van der Waals surface area (Å²) in [6.45, 7) is 0. The van der Waals surface area contributed by atoms with Crippen LogP contribution in [0.4, 0.5) is 0 Å². The van der Waals surface area contributed by atoms with Crippen LogP contribution in [-0.2, 0) is 0 Å². The minimum Gasteiger partial charge on any atom is -0.182 e. The van der Waals surface area contributed by atoms with E-state index in [-0.39, 0.29) is 0 Å². The lowest BCUT2D eigenvalue weighted by Gasteiger charge is -1.65. The van der Waals surface area contributed by atoms with Crippen LogP contribution in [0.5, 0.6) is 0 Å². The minimum atomic E-state index is 0.875. The maximum atomic E-state index is 3.67. The molecule has 0 aliphatic carbocycles. The number of hydrogen-bond acceptors (Lipinski definition) is 3. The Morgan fingerprint density at radius 3 is 2.00 bits per heavy atom. The quantitative estimate of drug-likeness (QED) is 0.435.